The van der Waals surface area contributed by atoms with Crippen LogP contribution in [0.2, 0.25) is 0 Å². The Hall–Kier alpha value is -7.28. The van der Waals surface area contributed by atoms with Gasteiger partial charge in [0.05, 0.1) is 11.0 Å². The molecule has 0 spiro atoms. The average Bonchev–Trinajstić information content (AvgIpc) is 3.96. The molecule has 268 valence electrons. The van der Waals surface area contributed by atoms with Gasteiger partial charge in [-0.1, -0.05) is 133 Å². The molecule has 8 aromatic carbocycles. The SMILES string of the molecule is c1ccc(C2=NC(c3ccccc3)NC(c3cccc4oc5cccc(-c6ccc7c(c6)sc6ccc(-n8c9ccccc9c9ccccc98)cc67)c5c34)=N2)cc1. The summed E-state index contributed by atoms with van der Waals surface area (Å²) in [6.45, 7) is 0. The van der Waals surface area contributed by atoms with E-state index in [-0.39, 0.29) is 6.17 Å². The lowest BCUT2D eigenvalue weighted by Gasteiger charge is -2.24. The molecule has 0 aliphatic carbocycles. The molecule has 6 heteroatoms. The summed E-state index contributed by atoms with van der Waals surface area (Å²) in [6.07, 6.45) is -0.298. The molecule has 0 radical (unpaired) electrons. The van der Waals surface area contributed by atoms with Crippen LogP contribution in [0.5, 0.6) is 0 Å². The highest BCUT2D eigenvalue weighted by molar-refractivity contribution is 7.25. The Morgan fingerprint density at radius 2 is 1.18 bits per heavy atom. The van der Waals surface area contributed by atoms with E-state index >= 15 is 0 Å². The van der Waals surface area contributed by atoms with Crippen molar-refractivity contribution in [1.29, 1.82) is 0 Å². The number of nitrogens with one attached hydrogen (secondary N) is 1. The van der Waals surface area contributed by atoms with E-state index in [0.717, 1.165) is 55.6 Å². The first-order valence-electron chi connectivity index (χ1n) is 19.2. The fourth-order valence-electron chi connectivity index (χ4n) is 8.69. The topological polar surface area (TPSA) is 54.8 Å². The molecule has 0 saturated heterocycles. The first kappa shape index (κ1) is 32.0. The Morgan fingerprint density at radius 3 is 1.93 bits per heavy atom. The van der Waals surface area contributed by atoms with Crippen LogP contribution < -0.4 is 5.32 Å². The zero-order valence-electron chi connectivity index (χ0n) is 30.6. The molecule has 5 nitrogen and oxygen atoms in total. The fraction of sp³-hybridized carbons (Fsp3) is 0.0196. The molecule has 0 bridgehead atoms. The van der Waals surface area contributed by atoms with Gasteiger partial charge in [-0.15, -0.1) is 11.3 Å². The van der Waals surface area contributed by atoms with Crippen molar-refractivity contribution >= 4 is 86.9 Å². The Bertz CT molecular complexity index is 3390. The van der Waals surface area contributed by atoms with Crippen LogP contribution in [-0.2, 0) is 0 Å². The zero-order chi connectivity index (χ0) is 37.5. The summed E-state index contributed by atoms with van der Waals surface area (Å²) in [5, 5.41) is 10.8. The molecule has 1 N–H and O–H groups in total. The third-order valence-electron chi connectivity index (χ3n) is 11.3. The van der Waals surface area contributed by atoms with E-state index in [1.165, 1.54) is 47.7 Å². The van der Waals surface area contributed by atoms with Gasteiger partial charge in [-0.2, -0.15) is 0 Å². The smallest absolute Gasteiger partial charge is 0.159 e. The molecule has 11 aromatic rings. The van der Waals surface area contributed by atoms with Gasteiger partial charge in [0.15, 0.2) is 5.84 Å². The Balaban J connectivity index is 1.01. The lowest BCUT2D eigenvalue weighted by atomic mass is 9.96. The molecule has 1 atom stereocenters. The number of aliphatic imine (C=N–C) groups is 2. The molecule has 1 unspecified atom stereocenters. The van der Waals surface area contributed by atoms with Crippen LogP contribution in [-0.4, -0.2) is 16.2 Å². The minimum atomic E-state index is -0.298. The second-order valence-electron chi connectivity index (χ2n) is 14.6. The second kappa shape index (κ2) is 12.6. The lowest BCUT2D eigenvalue weighted by Crippen LogP contribution is -2.33. The zero-order valence-corrected chi connectivity index (χ0v) is 31.4. The summed E-state index contributed by atoms with van der Waals surface area (Å²) < 4.78 is 11.5. The Kier molecular flexibility index (Phi) is 7.09. The summed E-state index contributed by atoms with van der Waals surface area (Å²) in [5.74, 6) is 1.46. The molecular formula is C51H32N4OS. The minimum absolute atomic E-state index is 0.298. The monoisotopic (exact) mass is 748 g/mol. The van der Waals surface area contributed by atoms with Crippen molar-refractivity contribution in [3.8, 4) is 16.8 Å². The molecular weight excluding hydrogens is 717 g/mol. The van der Waals surface area contributed by atoms with E-state index < -0.39 is 0 Å². The molecule has 0 amide bonds. The number of aromatic nitrogens is 1. The third kappa shape index (κ3) is 5.08. The number of thiophene rings is 1. The number of benzene rings is 8. The predicted octanol–water partition coefficient (Wildman–Crippen LogP) is 13.2. The van der Waals surface area contributed by atoms with Crippen LogP contribution in [0.4, 0.5) is 0 Å². The Labute approximate surface area is 331 Å². The molecule has 4 heterocycles. The summed E-state index contributed by atoms with van der Waals surface area (Å²) in [5.41, 5.74) is 10.5. The average molecular weight is 749 g/mol. The molecule has 3 aromatic heterocycles. The molecule has 12 rings (SSSR count). The molecule has 1 aliphatic rings. The molecule has 0 saturated carbocycles. The first-order valence-corrected chi connectivity index (χ1v) is 20.0. The standard InChI is InChI=1S/C51H32N4OS/c1-3-13-31(14-4-1)49-52-50(32-15-5-2-6-16-32)54-51(53-49)39-20-12-24-44-48(39)47-35(19-11-23-43(47)56-44)33-25-27-38-40-30-34(26-28-45(40)57-46(38)29-33)55-41-21-9-7-17-36(41)37-18-8-10-22-42(37)55/h1-30,49H,(H,52,53,54). The maximum absolute atomic E-state index is 6.60. The predicted molar refractivity (Wildman–Crippen MR) is 238 cm³/mol. The van der Waals surface area contributed by atoms with Crippen molar-refractivity contribution in [3.63, 3.8) is 0 Å². The fourth-order valence-corrected chi connectivity index (χ4v) is 9.81. The lowest BCUT2D eigenvalue weighted by molar-refractivity contribution is 0.668. The van der Waals surface area contributed by atoms with E-state index in [0.29, 0.717) is 5.84 Å². The number of amidine groups is 2. The van der Waals surface area contributed by atoms with Gasteiger partial charge in [0.2, 0.25) is 0 Å². The molecule has 0 fully saturated rings. The van der Waals surface area contributed by atoms with Gasteiger partial charge in [0.25, 0.3) is 0 Å². The highest BCUT2D eigenvalue weighted by Crippen LogP contribution is 2.43. The van der Waals surface area contributed by atoms with Gasteiger partial charge in [-0.25, -0.2) is 9.98 Å². The van der Waals surface area contributed by atoms with Crippen molar-refractivity contribution in [2.75, 3.05) is 0 Å². The van der Waals surface area contributed by atoms with E-state index in [1.807, 2.05) is 41.7 Å². The number of hydrogen-bond donors (Lipinski definition) is 1. The second-order valence-corrected chi connectivity index (χ2v) is 15.6. The third-order valence-corrected chi connectivity index (χ3v) is 12.4. The van der Waals surface area contributed by atoms with Crippen LogP contribution in [0, 0.1) is 0 Å². The van der Waals surface area contributed by atoms with Crippen LogP contribution in [0.1, 0.15) is 22.9 Å². The van der Waals surface area contributed by atoms with Crippen LogP contribution in [0.25, 0.3) is 80.7 Å². The van der Waals surface area contributed by atoms with E-state index in [9.17, 15) is 0 Å². The summed E-state index contributed by atoms with van der Waals surface area (Å²) in [4.78, 5) is 10.3. The van der Waals surface area contributed by atoms with Crippen molar-refractivity contribution in [2.45, 2.75) is 6.17 Å². The van der Waals surface area contributed by atoms with E-state index in [1.54, 1.807) is 0 Å². The molecule has 57 heavy (non-hydrogen) atoms. The van der Waals surface area contributed by atoms with Gasteiger partial charge in [0.1, 0.15) is 23.2 Å². The van der Waals surface area contributed by atoms with Gasteiger partial charge in [-0.3, -0.25) is 0 Å². The van der Waals surface area contributed by atoms with E-state index in [4.69, 9.17) is 14.4 Å². The number of para-hydroxylation sites is 2. The highest BCUT2D eigenvalue weighted by Gasteiger charge is 2.25. The number of furan rings is 1. The van der Waals surface area contributed by atoms with E-state index in [2.05, 4.69) is 162 Å². The van der Waals surface area contributed by atoms with Gasteiger partial charge in [-0.05, 0) is 65.2 Å². The summed E-state index contributed by atoms with van der Waals surface area (Å²) >= 11 is 1.84. The number of fused-ring (bicyclic) bond motifs is 9. The Morgan fingerprint density at radius 1 is 0.509 bits per heavy atom. The first-order chi connectivity index (χ1) is 28.2. The summed E-state index contributed by atoms with van der Waals surface area (Å²) in [7, 11) is 0. The van der Waals surface area contributed by atoms with Crippen LogP contribution in [0.3, 0.4) is 0 Å². The largest absolute Gasteiger partial charge is 0.456 e. The van der Waals surface area contributed by atoms with Crippen molar-refractivity contribution in [3.05, 3.63) is 199 Å². The van der Waals surface area contributed by atoms with Crippen LogP contribution >= 0.6 is 11.3 Å². The quantitative estimate of drug-likeness (QED) is 0.191. The number of nitrogens with zero attached hydrogens (tertiary/aromatic N) is 3. The highest BCUT2D eigenvalue weighted by atomic mass is 32.1. The van der Waals surface area contributed by atoms with Crippen molar-refractivity contribution in [1.82, 2.24) is 9.88 Å². The van der Waals surface area contributed by atoms with Crippen molar-refractivity contribution < 1.29 is 4.42 Å². The number of hydrogen-bond acceptors (Lipinski definition) is 5. The number of rotatable bonds is 5. The normalized spacial score (nSPS) is 14.5. The van der Waals surface area contributed by atoms with Gasteiger partial charge < -0.3 is 14.3 Å². The minimum Gasteiger partial charge on any atom is -0.456 e. The van der Waals surface area contributed by atoms with Gasteiger partial charge in [0, 0.05) is 58.5 Å². The van der Waals surface area contributed by atoms with Crippen LogP contribution in [0.15, 0.2) is 196 Å². The molecule has 1 aliphatic heterocycles. The summed E-state index contributed by atoms with van der Waals surface area (Å²) in [6, 6.07) is 64.3. The maximum atomic E-state index is 6.60. The maximum Gasteiger partial charge on any atom is 0.159 e. The van der Waals surface area contributed by atoms with Crippen molar-refractivity contribution in [2.24, 2.45) is 9.98 Å². The van der Waals surface area contributed by atoms with Gasteiger partial charge >= 0.3 is 0 Å².